The number of hydrogen-bond acceptors (Lipinski definition) is 3. The van der Waals surface area contributed by atoms with E-state index in [2.05, 4.69) is 0 Å². The third-order valence-electron chi connectivity index (χ3n) is 2.62. The highest BCUT2D eigenvalue weighted by molar-refractivity contribution is 5.59. The molecule has 0 spiro atoms. The van der Waals surface area contributed by atoms with E-state index < -0.39 is 0 Å². The first-order valence-corrected chi connectivity index (χ1v) is 4.90. The molecule has 1 unspecified atom stereocenters. The fourth-order valence-corrected chi connectivity index (χ4v) is 1.90. The van der Waals surface area contributed by atoms with Crippen LogP contribution in [0.1, 0.15) is 12.8 Å². The van der Waals surface area contributed by atoms with Crippen LogP contribution in [0.5, 0.6) is 5.75 Å². The summed E-state index contributed by atoms with van der Waals surface area (Å²) in [5.41, 5.74) is 0.986. The van der Waals surface area contributed by atoms with E-state index in [1.807, 2.05) is 29.2 Å². The van der Waals surface area contributed by atoms with Gasteiger partial charge in [-0.2, -0.15) is 0 Å². The number of aliphatic hydroxyl groups excluding tert-OH is 1. The summed E-state index contributed by atoms with van der Waals surface area (Å²) in [4.78, 5) is 1.98. The Bertz CT molecular complexity index is 314. The highest BCUT2D eigenvalue weighted by Gasteiger charge is 2.24. The molecular formula is C11H15NO2. The zero-order chi connectivity index (χ0) is 9.97. The van der Waals surface area contributed by atoms with Gasteiger partial charge in [-0.05, 0) is 25.0 Å². The molecule has 1 aromatic rings. The van der Waals surface area contributed by atoms with Crippen molar-refractivity contribution in [3.8, 4) is 5.75 Å². The van der Waals surface area contributed by atoms with Gasteiger partial charge in [-0.25, -0.2) is 0 Å². The molecule has 1 N–H and O–H groups in total. The molecule has 3 nitrogen and oxygen atoms in total. The maximum absolute atomic E-state index is 9.73. The lowest BCUT2D eigenvalue weighted by atomic mass is 10.2. The first-order valence-electron chi connectivity index (χ1n) is 4.90. The predicted molar refractivity (Wildman–Crippen MR) is 55.6 cm³/mol. The Labute approximate surface area is 83.9 Å². The maximum atomic E-state index is 9.73. The smallest absolute Gasteiger partial charge is 0.142 e. The Morgan fingerprint density at radius 2 is 2.21 bits per heavy atom. The SMILES string of the molecule is COc1ccccc1N1CCCC1O. The van der Waals surface area contributed by atoms with Crippen molar-refractivity contribution < 1.29 is 9.84 Å². The van der Waals surface area contributed by atoms with Crippen molar-refractivity contribution in [1.29, 1.82) is 0 Å². The second kappa shape index (κ2) is 3.88. The largest absolute Gasteiger partial charge is 0.495 e. The maximum Gasteiger partial charge on any atom is 0.142 e. The molecule has 0 aliphatic carbocycles. The lowest BCUT2D eigenvalue weighted by molar-refractivity contribution is 0.185. The molecule has 1 aliphatic heterocycles. The minimum Gasteiger partial charge on any atom is -0.495 e. The van der Waals surface area contributed by atoms with Crippen molar-refractivity contribution in [3.05, 3.63) is 24.3 Å². The molecule has 1 fully saturated rings. The van der Waals surface area contributed by atoms with Gasteiger partial charge in [0.25, 0.3) is 0 Å². The van der Waals surface area contributed by atoms with Crippen LogP contribution >= 0.6 is 0 Å². The molecule has 0 amide bonds. The molecule has 2 rings (SSSR count). The van der Waals surface area contributed by atoms with Gasteiger partial charge >= 0.3 is 0 Å². The number of para-hydroxylation sites is 2. The summed E-state index contributed by atoms with van der Waals surface area (Å²) >= 11 is 0. The van der Waals surface area contributed by atoms with Gasteiger partial charge in [-0.15, -0.1) is 0 Å². The van der Waals surface area contributed by atoms with E-state index in [1.54, 1.807) is 7.11 Å². The third kappa shape index (κ3) is 1.55. The van der Waals surface area contributed by atoms with E-state index >= 15 is 0 Å². The summed E-state index contributed by atoms with van der Waals surface area (Å²) < 4.78 is 5.25. The van der Waals surface area contributed by atoms with Crippen molar-refractivity contribution in [3.63, 3.8) is 0 Å². The van der Waals surface area contributed by atoms with Crippen LogP contribution in [-0.2, 0) is 0 Å². The summed E-state index contributed by atoms with van der Waals surface area (Å²) in [6.07, 6.45) is 1.53. The molecule has 76 valence electrons. The number of hydrogen-bond donors (Lipinski definition) is 1. The standard InChI is InChI=1S/C11H15NO2/c1-14-10-6-3-2-5-9(10)12-8-4-7-11(12)13/h2-3,5-6,11,13H,4,7-8H2,1H3. The van der Waals surface area contributed by atoms with E-state index in [4.69, 9.17) is 4.74 Å². The van der Waals surface area contributed by atoms with E-state index in [1.165, 1.54) is 0 Å². The van der Waals surface area contributed by atoms with Crippen molar-refractivity contribution in [2.75, 3.05) is 18.6 Å². The second-order valence-electron chi connectivity index (χ2n) is 3.49. The lowest BCUT2D eigenvalue weighted by Gasteiger charge is -2.24. The Balaban J connectivity index is 2.30. The number of aliphatic hydroxyl groups is 1. The summed E-state index contributed by atoms with van der Waals surface area (Å²) in [6, 6.07) is 7.79. The molecule has 0 aromatic heterocycles. The fraction of sp³-hybridized carbons (Fsp3) is 0.455. The number of anilines is 1. The summed E-state index contributed by atoms with van der Waals surface area (Å²) in [6.45, 7) is 0.904. The normalized spacial score (nSPS) is 21.3. The molecule has 3 heteroatoms. The van der Waals surface area contributed by atoms with Gasteiger partial charge in [0.2, 0.25) is 0 Å². The average Bonchev–Trinajstić information content (AvgIpc) is 2.64. The van der Waals surface area contributed by atoms with Gasteiger partial charge in [0.05, 0.1) is 12.8 Å². The second-order valence-corrected chi connectivity index (χ2v) is 3.49. The minimum atomic E-state index is -0.355. The molecule has 0 saturated carbocycles. The Hall–Kier alpha value is -1.22. The highest BCUT2D eigenvalue weighted by Crippen LogP contribution is 2.32. The van der Waals surface area contributed by atoms with Crippen LogP contribution in [0, 0.1) is 0 Å². The molecule has 1 aromatic carbocycles. The molecule has 1 atom stereocenters. The Morgan fingerprint density at radius 1 is 1.43 bits per heavy atom. The van der Waals surface area contributed by atoms with E-state index in [-0.39, 0.29) is 6.23 Å². The van der Waals surface area contributed by atoms with Crippen molar-refractivity contribution in [1.82, 2.24) is 0 Å². The quantitative estimate of drug-likeness (QED) is 0.774. The van der Waals surface area contributed by atoms with Crippen LogP contribution < -0.4 is 9.64 Å². The van der Waals surface area contributed by atoms with Crippen LogP contribution in [0.4, 0.5) is 5.69 Å². The molecule has 14 heavy (non-hydrogen) atoms. The lowest BCUT2D eigenvalue weighted by Crippen LogP contribution is -2.28. The van der Waals surface area contributed by atoms with Gasteiger partial charge < -0.3 is 14.7 Å². The van der Waals surface area contributed by atoms with E-state index in [0.29, 0.717) is 0 Å². The summed E-state index contributed by atoms with van der Waals surface area (Å²) in [5.74, 6) is 0.827. The number of methoxy groups -OCH3 is 1. The number of benzene rings is 1. The van der Waals surface area contributed by atoms with Gasteiger partial charge in [0, 0.05) is 6.54 Å². The van der Waals surface area contributed by atoms with E-state index in [0.717, 1.165) is 30.8 Å². The molecule has 1 heterocycles. The number of rotatable bonds is 2. The molecular weight excluding hydrogens is 178 g/mol. The van der Waals surface area contributed by atoms with Crippen LogP contribution in [0.15, 0.2) is 24.3 Å². The van der Waals surface area contributed by atoms with Crippen LogP contribution in [0.3, 0.4) is 0 Å². The molecule has 0 radical (unpaired) electrons. The van der Waals surface area contributed by atoms with Gasteiger partial charge in [-0.3, -0.25) is 0 Å². The Kier molecular flexibility index (Phi) is 2.59. The molecule has 0 bridgehead atoms. The number of ether oxygens (including phenoxy) is 1. The first-order chi connectivity index (χ1) is 6.83. The first kappa shape index (κ1) is 9.34. The van der Waals surface area contributed by atoms with Gasteiger partial charge in [-0.1, -0.05) is 12.1 Å². The fourth-order valence-electron chi connectivity index (χ4n) is 1.90. The Morgan fingerprint density at radius 3 is 2.86 bits per heavy atom. The molecule has 1 aliphatic rings. The average molecular weight is 193 g/mol. The van der Waals surface area contributed by atoms with Gasteiger partial charge in [0.15, 0.2) is 0 Å². The third-order valence-corrected chi connectivity index (χ3v) is 2.62. The summed E-state index contributed by atoms with van der Waals surface area (Å²) in [5, 5.41) is 9.73. The summed E-state index contributed by atoms with van der Waals surface area (Å²) in [7, 11) is 1.65. The highest BCUT2D eigenvalue weighted by atomic mass is 16.5. The number of nitrogens with zero attached hydrogens (tertiary/aromatic N) is 1. The zero-order valence-electron chi connectivity index (χ0n) is 8.31. The monoisotopic (exact) mass is 193 g/mol. The van der Waals surface area contributed by atoms with Crippen molar-refractivity contribution in [2.24, 2.45) is 0 Å². The minimum absolute atomic E-state index is 0.355. The predicted octanol–water partition coefficient (Wildman–Crippen LogP) is 1.61. The van der Waals surface area contributed by atoms with Crippen LogP contribution in [0.25, 0.3) is 0 Å². The van der Waals surface area contributed by atoms with Crippen molar-refractivity contribution >= 4 is 5.69 Å². The van der Waals surface area contributed by atoms with Crippen LogP contribution in [-0.4, -0.2) is 25.0 Å². The van der Waals surface area contributed by atoms with E-state index in [9.17, 15) is 5.11 Å². The topological polar surface area (TPSA) is 32.7 Å². The van der Waals surface area contributed by atoms with Crippen molar-refractivity contribution in [2.45, 2.75) is 19.1 Å². The molecule has 1 saturated heterocycles. The van der Waals surface area contributed by atoms with Gasteiger partial charge in [0.1, 0.15) is 12.0 Å². The van der Waals surface area contributed by atoms with Crippen LogP contribution in [0.2, 0.25) is 0 Å². The zero-order valence-corrected chi connectivity index (χ0v) is 8.31.